The molecule has 2 saturated carbocycles. The molecule has 4 heteroatoms. The monoisotopic (exact) mass is 364 g/mol. The molecule has 0 aromatic heterocycles. The van der Waals surface area contributed by atoms with Crippen LogP contribution >= 0.6 is 0 Å². The van der Waals surface area contributed by atoms with Crippen molar-refractivity contribution in [3.05, 3.63) is 11.6 Å². The lowest BCUT2D eigenvalue weighted by molar-refractivity contribution is -0.163. The molecule has 0 aromatic carbocycles. The second-order valence-electron chi connectivity index (χ2n) is 10.8. The Labute approximate surface area is 154 Å². The summed E-state index contributed by atoms with van der Waals surface area (Å²) >= 11 is 0. The van der Waals surface area contributed by atoms with Crippen LogP contribution in [0.4, 0.5) is 0 Å². The van der Waals surface area contributed by atoms with Crippen LogP contribution in [0.5, 0.6) is 0 Å². The fraction of sp³-hybridized carbons (Fsp3) is 0.905. The third kappa shape index (κ3) is 2.40. The van der Waals surface area contributed by atoms with E-state index in [1.807, 2.05) is 0 Å². The molecular weight excluding hydrogens is 328 g/mol. The van der Waals surface area contributed by atoms with E-state index in [2.05, 4.69) is 46.9 Å². The van der Waals surface area contributed by atoms with Crippen molar-refractivity contribution in [2.75, 3.05) is 13.2 Å². The van der Waals surface area contributed by atoms with Gasteiger partial charge in [-0.3, -0.25) is 0 Å². The number of fused-ring (bicyclic) bond motifs is 1. The summed E-state index contributed by atoms with van der Waals surface area (Å²) in [5.41, 5.74) is 1.81. The van der Waals surface area contributed by atoms with Gasteiger partial charge in [-0.25, -0.2) is 0 Å². The van der Waals surface area contributed by atoms with E-state index >= 15 is 0 Å². The van der Waals surface area contributed by atoms with Crippen LogP contribution in [0.25, 0.3) is 0 Å². The Bertz CT molecular complexity index is 592. The van der Waals surface area contributed by atoms with Crippen LogP contribution in [0, 0.1) is 22.7 Å². The molecule has 1 N–H and O–H groups in total. The molecule has 4 rings (SSSR count). The third-order valence-corrected chi connectivity index (χ3v) is 13.1. The maximum absolute atomic E-state index is 10.6. The van der Waals surface area contributed by atoms with Crippen molar-refractivity contribution >= 4 is 8.32 Å². The first-order valence-corrected chi connectivity index (χ1v) is 13.1. The molecule has 1 heterocycles. The van der Waals surface area contributed by atoms with Gasteiger partial charge in [0.2, 0.25) is 0 Å². The lowest BCUT2D eigenvalue weighted by Crippen LogP contribution is -2.58. The first-order chi connectivity index (χ1) is 11.5. The van der Waals surface area contributed by atoms with Gasteiger partial charge in [0, 0.05) is 12.0 Å². The standard InChI is InChI=1S/C21H36O3Si/c1-14-7-8-20(13-24-25(5,6)19(2,3)4)18(9-14)23-12-15-10-17(22)16-11-21(15,16)20/h9,15-18,22H,7-8,10-13H2,1-6H3/t15-,16-,17-,18+,20-,21-/m1/s1. The van der Waals surface area contributed by atoms with Crippen molar-refractivity contribution in [2.24, 2.45) is 22.7 Å². The fourth-order valence-corrected chi connectivity index (χ4v) is 6.97. The number of aliphatic hydroxyl groups excluding tert-OH is 1. The van der Waals surface area contributed by atoms with Crippen LogP contribution in [0.15, 0.2) is 11.6 Å². The molecular formula is C21H36O3Si. The minimum Gasteiger partial charge on any atom is -0.416 e. The summed E-state index contributed by atoms with van der Waals surface area (Å²) in [5.74, 6) is 1.01. The Morgan fingerprint density at radius 1 is 1.36 bits per heavy atom. The molecule has 0 radical (unpaired) electrons. The summed E-state index contributed by atoms with van der Waals surface area (Å²) in [7, 11) is -1.80. The zero-order chi connectivity index (χ0) is 18.3. The van der Waals surface area contributed by atoms with Gasteiger partial charge in [-0.1, -0.05) is 32.4 Å². The highest BCUT2D eigenvalue weighted by atomic mass is 28.4. The Hall–Kier alpha value is -0.163. The molecule has 1 spiro atoms. The summed E-state index contributed by atoms with van der Waals surface area (Å²) in [6.45, 7) is 15.5. The quantitative estimate of drug-likeness (QED) is 0.591. The Morgan fingerprint density at radius 2 is 2.08 bits per heavy atom. The summed E-state index contributed by atoms with van der Waals surface area (Å²) in [6, 6.07) is 0. The van der Waals surface area contributed by atoms with Crippen LogP contribution in [0.2, 0.25) is 18.1 Å². The predicted octanol–water partition coefficient (Wildman–Crippen LogP) is 4.52. The summed E-state index contributed by atoms with van der Waals surface area (Å²) < 4.78 is 13.2. The second-order valence-corrected chi connectivity index (χ2v) is 15.6. The maximum atomic E-state index is 10.6. The molecule has 3 nitrogen and oxygen atoms in total. The third-order valence-electron chi connectivity index (χ3n) is 8.62. The molecule has 1 aliphatic heterocycles. The van der Waals surface area contributed by atoms with Gasteiger partial charge in [0.25, 0.3) is 0 Å². The SMILES string of the molecule is CC1=C[C@@H]2OC[C@H]3C[C@@H](O)[C@H]4C[C@@]34[C@@]2(CO[Si](C)(C)C(C)(C)C)CC1. The normalized spacial score (nSPS) is 46.1. The molecule has 1 saturated heterocycles. The van der Waals surface area contributed by atoms with E-state index in [1.54, 1.807) is 0 Å². The average molecular weight is 365 g/mol. The van der Waals surface area contributed by atoms with E-state index in [9.17, 15) is 5.11 Å². The van der Waals surface area contributed by atoms with Gasteiger partial charge in [-0.05, 0) is 68.0 Å². The van der Waals surface area contributed by atoms with Gasteiger partial charge in [0.1, 0.15) is 0 Å². The Morgan fingerprint density at radius 3 is 2.72 bits per heavy atom. The number of hydrogen-bond acceptors (Lipinski definition) is 3. The predicted molar refractivity (Wildman–Crippen MR) is 103 cm³/mol. The summed E-state index contributed by atoms with van der Waals surface area (Å²) in [6.07, 6.45) is 6.87. The van der Waals surface area contributed by atoms with Gasteiger partial charge in [0.05, 0.1) is 18.8 Å². The van der Waals surface area contributed by atoms with Crippen LogP contribution in [0.1, 0.15) is 53.4 Å². The van der Waals surface area contributed by atoms with Gasteiger partial charge in [-0.2, -0.15) is 0 Å². The van der Waals surface area contributed by atoms with E-state index in [0.717, 1.165) is 32.5 Å². The largest absolute Gasteiger partial charge is 0.416 e. The van der Waals surface area contributed by atoms with Crippen molar-refractivity contribution in [3.63, 3.8) is 0 Å². The van der Waals surface area contributed by atoms with Crippen LogP contribution < -0.4 is 0 Å². The van der Waals surface area contributed by atoms with Crippen molar-refractivity contribution in [3.8, 4) is 0 Å². The Kier molecular flexibility index (Phi) is 3.96. The molecule has 0 unspecified atom stereocenters. The smallest absolute Gasteiger partial charge is 0.192 e. The average Bonchev–Trinajstić information content (AvgIpc) is 3.19. The number of allylic oxidation sites excluding steroid dienone is 1. The van der Waals surface area contributed by atoms with Crippen molar-refractivity contribution in [1.82, 2.24) is 0 Å². The topological polar surface area (TPSA) is 38.7 Å². The zero-order valence-corrected chi connectivity index (χ0v) is 17.9. The van der Waals surface area contributed by atoms with E-state index in [1.165, 1.54) is 12.0 Å². The van der Waals surface area contributed by atoms with Crippen molar-refractivity contribution in [2.45, 2.75) is 83.7 Å². The molecule has 0 amide bonds. The van der Waals surface area contributed by atoms with Crippen LogP contribution in [0.3, 0.4) is 0 Å². The van der Waals surface area contributed by atoms with Crippen LogP contribution in [-0.4, -0.2) is 38.8 Å². The lowest BCUT2D eigenvalue weighted by Gasteiger charge is -2.55. The number of ether oxygens (including phenoxy) is 1. The molecule has 25 heavy (non-hydrogen) atoms. The van der Waals surface area contributed by atoms with Gasteiger partial charge >= 0.3 is 0 Å². The highest BCUT2D eigenvalue weighted by Gasteiger charge is 2.78. The van der Waals surface area contributed by atoms with Gasteiger partial charge in [0.15, 0.2) is 8.32 Å². The van der Waals surface area contributed by atoms with E-state index in [-0.39, 0.29) is 28.1 Å². The zero-order valence-electron chi connectivity index (χ0n) is 16.9. The minimum atomic E-state index is -1.80. The first kappa shape index (κ1) is 18.2. The van der Waals surface area contributed by atoms with E-state index < -0.39 is 8.32 Å². The summed E-state index contributed by atoms with van der Waals surface area (Å²) in [4.78, 5) is 0. The first-order valence-electron chi connectivity index (χ1n) is 10.1. The highest BCUT2D eigenvalue weighted by molar-refractivity contribution is 6.74. The maximum Gasteiger partial charge on any atom is 0.192 e. The minimum absolute atomic E-state index is 0.0765. The molecule has 3 fully saturated rings. The van der Waals surface area contributed by atoms with E-state index in [0.29, 0.717) is 11.8 Å². The second kappa shape index (κ2) is 5.43. The van der Waals surface area contributed by atoms with Crippen molar-refractivity contribution < 1.29 is 14.3 Å². The molecule has 0 bridgehead atoms. The lowest BCUT2D eigenvalue weighted by atomic mass is 9.58. The van der Waals surface area contributed by atoms with Gasteiger partial charge in [-0.15, -0.1) is 0 Å². The molecule has 3 aliphatic carbocycles. The Balaban J connectivity index is 1.68. The molecule has 4 aliphatic rings. The summed E-state index contributed by atoms with van der Waals surface area (Å²) in [5, 5.41) is 10.8. The number of aliphatic hydroxyl groups is 1. The highest BCUT2D eigenvalue weighted by Crippen LogP contribution is 2.78. The van der Waals surface area contributed by atoms with Crippen molar-refractivity contribution in [1.29, 1.82) is 0 Å². The molecule has 6 atom stereocenters. The van der Waals surface area contributed by atoms with E-state index in [4.69, 9.17) is 9.16 Å². The number of hydrogen-bond donors (Lipinski definition) is 1. The molecule has 142 valence electrons. The number of rotatable bonds is 3. The fourth-order valence-electron chi connectivity index (χ4n) is 5.92. The van der Waals surface area contributed by atoms with Gasteiger partial charge < -0.3 is 14.3 Å². The van der Waals surface area contributed by atoms with Crippen LogP contribution in [-0.2, 0) is 9.16 Å². The molecule has 0 aromatic rings.